The number of carbonyl (C=O) groups excluding carboxylic acids is 1. The Hall–Kier alpha value is -2.18. The first-order valence-electron chi connectivity index (χ1n) is 8.27. The number of aromatic nitrogens is 2. The van der Waals surface area contributed by atoms with E-state index in [0.29, 0.717) is 19.4 Å². The lowest BCUT2D eigenvalue weighted by atomic mass is 10.1. The number of hydrogen-bond donors (Lipinski definition) is 2. The average Bonchev–Trinajstić information content (AvgIpc) is 3.14. The van der Waals surface area contributed by atoms with E-state index >= 15 is 0 Å². The van der Waals surface area contributed by atoms with Crippen molar-refractivity contribution < 1.29 is 9.90 Å². The summed E-state index contributed by atoms with van der Waals surface area (Å²) in [5, 5.41) is 9.75. The second kappa shape index (κ2) is 7.15. The van der Waals surface area contributed by atoms with E-state index in [2.05, 4.69) is 17.1 Å². The molecule has 2 aromatic rings. The number of aliphatic hydroxyl groups excluding tert-OH is 1. The maximum Gasteiger partial charge on any atom is 0.225 e. The standard InChI is InChI=1S/C18H24N4O2/c1-21(18(24)14-9-15(19)16(23)10-14)12-17-20-7-8-22(17)11-13-5-3-2-4-6-13/h2-8,14-16,23H,9-12,19H2,1H3/t14-,15-,16-/m0/s1. The number of imidazole rings is 1. The van der Waals surface area contributed by atoms with Crippen LogP contribution in [0.3, 0.4) is 0 Å². The van der Waals surface area contributed by atoms with Crippen LogP contribution in [0.5, 0.6) is 0 Å². The summed E-state index contributed by atoms with van der Waals surface area (Å²) in [5.74, 6) is 0.673. The van der Waals surface area contributed by atoms with Gasteiger partial charge in [0.25, 0.3) is 0 Å². The lowest BCUT2D eigenvalue weighted by molar-refractivity contribution is -0.134. The topological polar surface area (TPSA) is 84.4 Å². The number of rotatable bonds is 5. The lowest BCUT2D eigenvalue weighted by Crippen LogP contribution is -2.33. The second-order valence-electron chi connectivity index (χ2n) is 6.55. The molecule has 0 radical (unpaired) electrons. The Balaban J connectivity index is 1.64. The van der Waals surface area contributed by atoms with Crippen LogP contribution >= 0.6 is 0 Å². The summed E-state index contributed by atoms with van der Waals surface area (Å²) < 4.78 is 2.05. The molecular weight excluding hydrogens is 304 g/mol. The van der Waals surface area contributed by atoms with E-state index < -0.39 is 6.10 Å². The molecule has 0 aliphatic heterocycles. The molecule has 1 heterocycles. The fourth-order valence-corrected chi connectivity index (χ4v) is 3.27. The van der Waals surface area contributed by atoms with Gasteiger partial charge in [0.2, 0.25) is 5.91 Å². The van der Waals surface area contributed by atoms with Gasteiger partial charge in [-0.2, -0.15) is 0 Å². The molecular formula is C18H24N4O2. The molecule has 1 aromatic carbocycles. The molecule has 0 bridgehead atoms. The van der Waals surface area contributed by atoms with Crippen molar-refractivity contribution in [2.45, 2.75) is 38.1 Å². The Morgan fingerprint density at radius 2 is 2.12 bits per heavy atom. The zero-order valence-corrected chi connectivity index (χ0v) is 13.9. The number of benzene rings is 1. The summed E-state index contributed by atoms with van der Waals surface area (Å²) in [4.78, 5) is 18.6. The number of nitrogens with two attached hydrogens (primary N) is 1. The van der Waals surface area contributed by atoms with Gasteiger partial charge in [-0.05, 0) is 18.4 Å². The fourth-order valence-electron chi connectivity index (χ4n) is 3.27. The van der Waals surface area contributed by atoms with Crippen molar-refractivity contribution in [2.75, 3.05) is 7.05 Å². The van der Waals surface area contributed by atoms with Gasteiger partial charge in [0, 0.05) is 37.9 Å². The van der Waals surface area contributed by atoms with Crippen LogP contribution in [0.4, 0.5) is 0 Å². The highest BCUT2D eigenvalue weighted by Gasteiger charge is 2.36. The third-order valence-corrected chi connectivity index (χ3v) is 4.68. The maximum absolute atomic E-state index is 12.6. The molecule has 0 unspecified atom stereocenters. The third kappa shape index (κ3) is 3.66. The highest BCUT2D eigenvalue weighted by molar-refractivity contribution is 5.79. The Morgan fingerprint density at radius 3 is 2.79 bits per heavy atom. The summed E-state index contributed by atoms with van der Waals surface area (Å²) in [6.07, 6.45) is 4.10. The zero-order chi connectivity index (χ0) is 17.1. The minimum atomic E-state index is -0.576. The first-order chi connectivity index (χ1) is 11.5. The fraction of sp³-hybridized carbons (Fsp3) is 0.444. The Kier molecular flexibility index (Phi) is 4.97. The van der Waals surface area contributed by atoms with Crippen molar-refractivity contribution in [1.29, 1.82) is 0 Å². The predicted octanol–water partition coefficient (Wildman–Crippen LogP) is 0.988. The molecule has 1 amide bonds. The molecule has 0 saturated heterocycles. The number of hydrogen-bond acceptors (Lipinski definition) is 4. The molecule has 24 heavy (non-hydrogen) atoms. The van der Waals surface area contributed by atoms with E-state index in [-0.39, 0.29) is 17.9 Å². The summed E-state index contributed by atoms with van der Waals surface area (Å²) >= 11 is 0. The van der Waals surface area contributed by atoms with Crippen LogP contribution in [-0.2, 0) is 17.9 Å². The number of aliphatic hydroxyl groups is 1. The van der Waals surface area contributed by atoms with Gasteiger partial charge in [-0.1, -0.05) is 30.3 Å². The normalized spacial score (nSPS) is 23.4. The highest BCUT2D eigenvalue weighted by atomic mass is 16.3. The summed E-state index contributed by atoms with van der Waals surface area (Å²) in [7, 11) is 1.78. The van der Waals surface area contributed by atoms with Crippen molar-refractivity contribution in [3.8, 4) is 0 Å². The van der Waals surface area contributed by atoms with Crippen LogP contribution in [0, 0.1) is 5.92 Å². The minimum absolute atomic E-state index is 0.0243. The minimum Gasteiger partial charge on any atom is -0.391 e. The van der Waals surface area contributed by atoms with Crippen molar-refractivity contribution >= 4 is 5.91 Å². The monoisotopic (exact) mass is 328 g/mol. The molecule has 1 saturated carbocycles. The van der Waals surface area contributed by atoms with E-state index in [1.807, 2.05) is 29.0 Å². The van der Waals surface area contributed by atoms with E-state index in [1.165, 1.54) is 5.56 Å². The van der Waals surface area contributed by atoms with Crippen LogP contribution in [0.2, 0.25) is 0 Å². The van der Waals surface area contributed by atoms with E-state index in [4.69, 9.17) is 5.73 Å². The molecule has 0 spiro atoms. The molecule has 6 heteroatoms. The van der Waals surface area contributed by atoms with Crippen molar-refractivity contribution in [2.24, 2.45) is 11.7 Å². The molecule has 128 valence electrons. The van der Waals surface area contributed by atoms with Crippen molar-refractivity contribution in [3.63, 3.8) is 0 Å². The smallest absolute Gasteiger partial charge is 0.225 e. The summed E-state index contributed by atoms with van der Waals surface area (Å²) in [5.41, 5.74) is 7.01. The number of amides is 1. The van der Waals surface area contributed by atoms with Crippen LogP contribution in [0.1, 0.15) is 24.2 Å². The van der Waals surface area contributed by atoms with Crippen molar-refractivity contribution in [1.82, 2.24) is 14.5 Å². The SMILES string of the molecule is CN(Cc1nccn1Cc1ccccc1)C(=O)[C@H]1C[C@H](N)[C@@H](O)C1. The Bertz CT molecular complexity index is 675. The molecule has 1 aliphatic rings. The molecule has 6 nitrogen and oxygen atoms in total. The summed E-state index contributed by atoms with van der Waals surface area (Å²) in [6.45, 7) is 1.17. The Morgan fingerprint density at radius 1 is 1.38 bits per heavy atom. The highest BCUT2D eigenvalue weighted by Crippen LogP contribution is 2.26. The van der Waals surface area contributed by atoms with Gasteiger partial charge in [-0.3, -0.25) is 4.79 Å². The largest absolute Gasteiger partial charge is 0.391 e. The summed E-state index contributed by atoms with van der Waals surface area (Å²) in [6, 6.07) is 9.85. The number of nitrogens with zero attached hydrogens (tertiary/aromatic N) is 3. The molecule has 3 N–H and O–H groups in total. The van der Waals surface area contributed by atoms with Gasteiger partial charge < -0.3 is 20.3 Å². The van der Waals surface area contributed by atoms with Gasteiger partial charge in [0.15, 0.2) is 0 Å². The van der Waals surface area contributed by atoms with Gasteiger partial charge >= 0.3 is 0 Å². The molecule has 1 aliphatic carbocycles. The van der Waals surface area contributed by atoms with Crippen LogP contribution in [0.25, 0.3) is 0 Å². The van der Waals surface area contributed by atoms with E-state index in [9.17, 15) is 9.90 Å². The predicted molar refractivity (Wildman–Crippen MR) is 91.0 cm³/mol. The molecule has 1 aromatic heterocycles. The molecule has 1 fully saturated rings. The molecule has 3 rings (SSSR count). The van der Waals surface area contributed by atoms with E-state index in [1.54, 1.807) is 18.1 Å². The van der Waals surface area contributed by atoms with Crippen molar-refractivity contribution in [3.05, 3.63) is 54.1 Å². The zero-order valence-electron chi connectivity index (χ0n) is 13.9. The second-order valence-corrected chi connectivity index (χ2v) is 6.55. The molecule has 3 atom stereocenters. The van der Waals surface area contributed by atoms with Gasteiger partial charge in [0.1, 0.15) is 5.82 Å². The van der Waals surface area contributed by atoms with E-state index in [0.717, 1.165) is 12.4 Å². The first kappa shape index (κ1) is 16.7. The van der Waals surface area contributed by atoms with Gasteiger partial charge in [-0.15, -0.1) is 0 Å². The van der Waals surface area contributed by atoms with Crippen LogP contribution in [-0.4, -0.2) is 44.7 Å². The van der Waals surface area contributed by atoms with Crippen LogP contribution in [0.15, 0.2) is 42.7 Å². The first-order valence-corrected chi connectivity index (χ1v) is 8.27. The van der Waals surface area contributed by atoms with Crippen LogP contribution < -0.4 is 5.73 Å². The quantitative estimate of drug-likeness (QED) is 0.857. The van der Waals surface area contributed by atoms with Gasteiger partial charge in [0.05, 0.1) is 12.6 Å². The number of carbonyl (C=O) groups is 1. The Labute approximate surface area is 141 Å². The maximum atomic E-state index is 12.6. The van der Waals surface area contributed by atoms with Gasteiger partial charge in [-0.25, -0.2) is 4.98 Å². The third-order valence-electron chi connectivity index (χ3n) is 4.68. The average molecular weight is 328 g/mol. The lowest BCUT2D eigenvalue weighted by Gasteiger charge is -2.21.